The fourth-order valence-corrected chi connectivity index (χ4v) is 4.60. The molecule has 0 radical (unpaired) electrons. The fourth-order valence-electron chi connectivity index (χ4n) is 3.21. The standard InChI is InChI=1S/C17H15IN2O2S/c1-9-10(2)23-15-13(9)14(21)17(22)7-8-20(16(17)19-15)12-5-3-11(18)4-6-12/h3-6,22H,7-8H2,1-2H3/t17-/m1/s1. The Morgan fingerprint density at radius 3 is 2.70 bits per heavy atom. The molecule has 0 aliphatic carbocycles. The second-order valence-electron chi connectivity index (χ2n) is 5.97. The van der Waals surface area contributed by atoms with E-state index in [0.29, 0.717) is 24.4 Å². The third kappa shape index (κ3) is 2.11. The topological polar surface area (TPSA) is 52.9 Å². The van der Waals surface area contributed by atoms with Crippen molar-refractivity contribution in [3.8, 4) is 0 Å². The van der Waals surface area contributed by atoms with Gasteiger partial charge in [0.05, 0.1) is 5.56 Å². The SMILES string of the molecule is Cc1sc2c(c1C)C(=O)[C@]1(O)CCN(c3ccc(I)cc3)C1=N2. The van der Waals surface area contributed by atoms with Crippen LogP contribution in [0.4, 0.5) is 10.7 Å². The Kier molecular flexibility index (Phi) is 3.40. The molecule has 0 bridgehead atoms. The highest BCUT2D eigenvalue weighted by atomic mass is 127. The van der Waals surface area contributed by atoms with Gasteiger partial charge in [0.1, 0.15) is 5.00 Å². The maximum Gasteiger partial charge on any atom is 0.205 e. The summed E-state index contributed by atoms with van der Waals surface area (Å²) in [5, 5.41) is 11.8. The van der Waals surface area contributed by atoms with Crippen LogP contribution in [-0.2, 0) is 0 Å². The quantitative estimate of drug-likeness (QED) is 0.689. The summed E-state index contributed by atoms with van der Waals surface area (Å²) >= 11 is 3.78. The Hall–Kier alpha value is -1.25. The lowest BCUT2D eigenvalue weighted by molar-refractivity contribution is 0.0602. The Bertz CT molecular complexity index is 856. The summed E-state index contributed by atoms with van der Waals surface area (Å²) in [6.45, 7) is 4.51. The minimum Gasteiger partial charge on any atom is -0.374 e. The highest BCUT2D eigenvalue weighted by Crippen LogP contribution is 2.45. The van der Waals surface area contributed by atoms with Crippen LogP contribution >= 0.6 is 33.9 Å². The van der Waals surface area contributed by atoms with E-state index in [9.17, 15) is 9.90 Å². The summed E-state index contributed by atoms with van der Waals surface area (Å²) in [5.41, 5.74) is 1.01. The number of hydrogen-bond acceptors (Lipinski definition) is 5. The van der Waals surface area contributed by atoms with E-state index in [4.69, 9.17) is 0 Å². The Balaban J connectivity index is 1.87. The first-order chi connectivity index (χ1) is 10.9. The van der Waals surface area contributed by atoms with Crippen LogP contribution in [0.5, 0.6) is 0 Å². The lowest BCUT2D eigenvalue weighted by Gasteiger charge is -2.28. The first-order valence-electron chi connectivity index (χ1n) is 7.41. The van der Waals surface area contributed by atoms with Crippen molar-refractivity contribution in [3.05, 3.63) is 43.8 Å². The van der Waals surface area contributed by atoms with E-state index in [-0.39, 0.29) is 5.78 Å². The van der Waals surface area contributed by atoms with Crippen molar-refractivity contribution in [1.29, 1.82) is 0 Å². The van der Waals surface area contributed by atoms with Crippen LogP contribution in [0.1, 0.15) is 27.2 Å². The van der Waals surface area contributed by atoms with Crippen molar-refractivity contribution in [2.75, 3.05) is 11.4 Å². The van der Waals surface area contributed by atoms with Gasteiger partial charge in [0.2, 0.25) is 5.78 Å². The van der Waals surface area contributed by atoms with E-state index in [1.165, 1.54) is 11.3 Å². The average molecular weight is 438 g/mol. The maximum atomic E-state index is 12.9. The number of carbonyl (C=O) groups is 1. The van der Waals surface area contributed by atoms with Crippen molar-refractivity contribution < 1.29 is 9.90 Å². The van der Waals surface area contributed by atoms with Crippen LogP contribution < -0.4 is 4.90 Å². The normalized spacial score (nSPS) is 22.9. The van der Waals surface area contributed by atoms with Crippen molar-refractivity contribution in [2.24, 2.45) is 4.99 Å². The molecule has 2 aliphatic heterocycles. The number of aliphatic imine (C=N–C) groups is 1. The molecule has 4 nitrogen and oxygen atoms in total. The molecule has 1 N–H and O–H groups in total. The van der Waals surface area contributed by atoms with Crippen LogP contribution in [0.15, 0.2) is 29.3 Å². The molecule has 2 aromatic rings. The van der Waals surface area contributed by atoms with E-state index in [2.05, 4.69) is 27.6 Å². The maximum absolute atomic E-state index is 12.9. The number of ketones is 1. The van der Waals surface area contributed by atoms with Crippen LogP contribution in [0.2, 0.25) is 0 Å². The number of benzene rings is 1. The predicted octanol–water partition coefficient (Wildman–Crippen LogP) is 3.84. The number of amidine groups is 1. The van der Waals surface area contributed by atoms with Gasteiger partial charge in [0.25, 0.3) is 0 Å². The molecule has 1 aromatic carbocycles. The van der Waals surface area contributed by atoms with Crippen LogP contribution in [0, 0.1) is 17.4 Å². The zero-order valence-corrected chi connectivity index (χ0v) is 15.7. The van der Waals surface area contributed by atoms with Crippen molar-refractivity contribution in [3.63, 3.8) is 0 Å². The van der Waals surface area contributed by atoms with E-state index >= 15 is 0 Å². The number of aryl methyl sites for hydroxylation is 1. The third-order valence-electron chi connectivity index (χ3n) is 4.64. The minimum atomic E-state index is -1.49. The van der Waals surface area contributed by atoms with Gasteiger partial charge in [-0.1, -0.05) is 0 Å². The molecule has 4 rings (SSSR count). The molecule has 1 aromatic heterocycles. The second kappa shape index (κ2) is 5.12. The number of Topliss-reactive ketones (excluding diaryl/α,β-unsaturated/α-hetero) is 1. The fraction of sp³-hybridized carbons (Fsp3) is 0.294. The summed E-state index contributed by atoms with van der Waals surface area (Å²) in [5.74, 6) is 0.268. The van der Waals surface area contributed by atoms with Crippen LogP contribution in [0.3, 0.4) is 0 Å². The van der Waals surface area contributed by atoms with E-state index < -0.39 is 5.60 Å². The van der Waals surface area contributed by atoms with Gasteiger partial charge in [-0.25, -0.2) is 4.99 Å². The van der Waals surface area contributed by atoms with Gasteiger partial charge in [0.15, 0.2) is 11.4 Å². The van der Waals surface area contributed by atoms with Gasteiger partial charge < -0.3 is 10.0 Å². The number of carbonyl (C=O) groups excluding carboxylic acids is 1. The van der Waals surface area contributed by atoms with Crippen LogP contribution in [0.25, 0.3) is 0 Å². The summed E-state index contributed by atoms with van der Waals surface area (Å²) in [6, 6.07) is 8.04. The largest absolute Gasteiger partial charge is 0.374 e. The van der Waals surface area contributed by atoms with Crippen LogP contribution in [-0.4, -0.2) is 28.9 Å². The molecule has 23 heavy (non-hydrogen) atoms. The number of nitrogens with zero attached hydrogens (tertiary/aromatic N) is 2. The molecule has 1 atom stereocenters. The second-order valence-corrected chi connectivity index (χ2v) is 8.42. The molecule has 2 aliphatic rings. The van der Waals surface area contributed by atoms with Gasteiger partial charge >= 0.3 is 0 Å². The monoisotopic (exact) mass is 438 g/mol. The molecular weight excluding hydrogens is 423 g/mol. The molecule has 1 fully saturated rings. The van der Waals surface area contributed by atoms with Gasteiger partial charge in [-0.05, 0) is 66.3 Å². The van der Waals surface area contributed by atoms with Crippen molar-refractivity contribution in [1.82, 2.24) is 0 Å². The molecule has 6 heteroatoms. The highest BCUT2D eigenvalue weighted by molar-refractivity contribution is 14.1. The van der Waals surface area contributed by atoms with Gasteiger partial charge in [0, 0.05) is 27.1 Å². The summed E-state index contributed by atoms with van der Waals surface area (Å²) < 4.78 is 1.15. The minimum absolute atomic E-state index is 0.202. The Morgan fingerprint density at radius 1 is 1.30 bits per heavy atom. The van der Waals surface area contributed by atoms with Gasteiger partial charge in [-0.3, -0.25) is 4.79 Å². The van der Waals surface area contributed by atoms with Crippen molar-refractivity contribution in [2.45, 2.75) is 25.9 Å². The number of anilines is 1. The number of rotatable bonds is 1. The van der Waals surface area contributed by atoms with Gasteiger partial charge in [-0.2, -0.15) is 0 Å². The van der Waals surface area contributed by atoms with E-state index in [0.717, 1.165) is 24.7 Å². The molecule has 118 valence electrons. The number of aliphatic hydroxyl groups is 1. The molecule has 0 spiro atoms. The smallest absolute Gasteiger partial charge is 0.205 e. The number of thiophene rings is 1. The molecule has 3 heterocycles. The first-order valence-corrected chi connectivity index (χ1v) is 9.31. The highest BCUT2D eigenvalue weighted by Gasteiger charge is 2.53. The Labute approximate surface area is 152 Å². The van der Waals surface area contributed by atoms with Gasteiger partial charge in [-0.15, -0.1) is 11.3 Å². The van der Waals surface area contributed by atoms with E-state index in [1.54, 1.807) is 0 Å². The summed E-state index contributed by atoms with van der Waals surface area (Å²) in [6.07, 6.45) is 0.379. The predicted molar refractivity (Wildman–Crippen MR) is 101 cm³/mol. The van der Waals surface area contributed by atoms with Crippen molar-refractivity contribution >= 4 is 56.2 Å². The summed E-state index contributed by atoms with van der Waals surface area (Å²) in [4.78, 5) is 20.7. The number of halogens is 1. The first kappa shape index (κ1) is 15.3. The molecule has 0 saturated carbocycles. The lowest BCUT2D eigenvalue weighted by Crippen LogP contribution is -2.48. The molecular formula is C17H15IN2O2S. The zero-order valence-electron chi connectivity index (χ0n) is 12.8. The molecule has 1 saturated heterocycles. The zero-order chi connectivity index (χ0) is 16.4. The number of hydrogen-bond donors (Lipinski definition) is 1. The molecule has 0 amide bonds. The lowest BCUT2D eigenvalue weighted by atomic mass is 9.88. The average Bonchev–Trinajstić information content (AvgIpc) is 3.00. The third-order valence-corrected chi connectivity index (χ3v) is 6.46. The number of fused-ring (bicyclic) bond motifs is 2. The molecule has 0 unspecified atom stereocenters. The van der Waals surface area contributed by atoms with E-state index in [1.807, 2.05) is 43.0 Å². The summed E-state index contributed by atoms with van der Waals surface area (Å²) in [7, 11) is 0. The Morgan fingerprint density at radius 2 is 2.00 bits per heavy atom.